The number of carbonyl (C=O) groups is 2. The molecule has 3 amide bonds. The highest BCUT2D eigenvalue weighted by atomic mass is 16.5. The van der Waals surface area contributed by atoms with E-state index in [-0.39, 0.29) is 17.9 Å². The van der Waals surface area contributed by atoms with Crippen LogP contribution in [-0.2, 0) is 11.3 Å². The Kier molecular flexibility index (Phi) is 7.05. The number of methoxy groups -OCH3 is 2. The van der Waals surface area contributed by atoms with E-state index >= 15 is 0 Å². The lowest BCUT2D eigenvalue weighted by molar-refractivity contribution is -0.118. The van der Waals surface area contributed by atoms with Gasteiger partial charge < -0.3 is 19.7 Å². The van der Waals surface area contributed by atoms with Gasteiger partial charge in [-0.25, -0.2) is 4.79 Å². The molecule has 0 aromatic heterocycles. The van der Waals surface area contributed by atoms with Gasteiger partial charge in [-0.2, -0.15) is 0 Å². The quantitative estimate of drug-likeness (QED) is 0.712. The number of urea groups is 1. The third-order valence-corrected chi connectivity index (χ3v) is 5.32. The van der Waals surface area contributed by atoms with E-state index in [1.165, 1.54) is 0 Å². The molecule has 166 valence electrons. The van der Waals surface area contributed by atoms with Crippen LogP contribution in [0.15, 0.2) is 36.4 Å². The van der Waals surface area contributed by atoms with Gasteiger partial charge in [0, 0.05) is 31.6 Å². The first-order valence-electron chi connectivity index (χ1n) is 10.5. The van der Waals surface area contributed by atoms with E-state index in [2.05, 4.69) is 5.32 Å². The van der Waals surface area contributed by atoms with Gasteiger partial charge in [-0.3, -0.25) is 9.69 Å². The fraction of sp³-hybridized carbons (Fsp3) is 0.417. The summed E-state index contributed by atoms with van der Waals surface area (Å²) in [4.78, 5) is 29.2. The van der Waals surface area contributed by atoms with Crippen LogP contribution in [0.3, 0.4) is 0 Å². The molecule has 2 aromatic carbocycles. The minimum absolute atomic E-state index is 0.0726. The number of nitrogens with zero attached hydrogens (tertiary/aromatic N) is 2. The number of carbonyl (C=O) groups excluding carboxylic acids is 2. The molecule has 1 aliphatic rings. The highest BCUT2D eigenvalue weighted by Gasteiger charge is 2.29. The maximum atomic E-state index is 13.4. The largest absolute Gasteiger partial charge is 0.497 e. The summed E-state index contributed by atoms with van der Waals surface area (Å²) in [6.07, 6.45) is 0.832. The van der Waals surface area contributed by atoms with Crippen molar-refractivity contribution in [3.8, 4) is 11.5 Å². The van der Waals surface area contributed by atoms with Crippen LogP contribution in [0.2, 0.25) is 0 Å². The number of aryl methyl sites for hydroxylation is 1. The normalized spacial score (nSPS) is 14.1. The molecule has 0 bridgehead atoms. The maximum absolute atomic E-state index is 13.4. The van der Waals surface area contributed by atoms with Gasteiger partial charge in [-0.05, 0) is 48.7 Å². The Morgan fingerprint density at radius 2 is 1.74 bits per heavy atom. The van der Waals surface area contributed by atoms with Gasteiger partial charge in [0.25, 0.3) is 0 Å². The number of hydrogen-bond acceptors (Lipinski definition) is 4. The second kappa shape index (κ2) is 9.73. The van der Waals surface area contributed by atoms with Gasteiger partial charge in [-0.1, -0.05) is 19.9 Å². The molecule has 0 spiro atoms. The second-order valence-corrected chi connectivity index (χ2v) is 8.09. The van der Waals surface area contributed by atoms with Crippen molar-refractivity contribution in [3.05, 3.63) is 47.5 Å². The topological polar surface area (TPSA) is 71.1 Å². The molecule has 2 aromatic rings. The van der Waals surface area contributed by atoms with Gasteiger partial charge in [0.2, 0.25) is 5.91 Å². The molecule has 1 fully saturated rings. The Labute approximate surface area is 183 Å². The number of ether oxygens (including phenoxy) is 2. The van der Waals surface area contributed by atoms with Crippen LogP contribution >= 0.6 is 0 Å². The Balaban J connectivity index is 1.85. The molecule has 31 heavy (non-hydrogen) atoms. The van der Waals surface area contributed by atoms with Gasteiger partial charge >= 0.3 is 6.03 Å². The van der Waals surface area contributed by atoms with E-state index < -0.39 is 0 Å². The highest BCUT2D eigenvalue weighted by Crippen LogP contribution is 2.31. The first kappa shape index (κ1) is 22.5. The smallest absolute Gasteiger partial charge is 0.324 e. The molecule has 0 saturated carbocycles. The fourth-order valence-corrected chi connectivity index (χ4v) is 3.59. The van der Waals surface area contributed by atoms with Crippen molar-refractivity contribution in [2.45, 2.75) is 33.7 Å². The SMILES string of the molecule is COc1cc(CN2CCCN(c3ccc(C)cc3NC(=O)C(C)C)C2=O)cc(OC)c1. The number of nitrogens with one attached hydrogen (secondary N) is 1. The molecule has 0 aliphatic carbocycles. The Morgan fingerprint density at radius 3 is 2.35 bits per heavy atom. The van der Waals surface area contributed by atoms with Gasteiger partial charge in [-0.15, -0.1) is 0 Å². The minimum Gasteiger partial charge on any atom is -0.497 e. The van der Waals surface area contributed by atoms with Crippen molar-refractivity contribution in [2.24, 2.45) is 5.92 Å². The molecular formula is C24H31N3O4. The first-order valence-corrected chi connectivity index (χ1v) is 10.5. The standard InChI is InChI=1S/C24H31N3O4/c1-16(2)23(28)25-21-11-17(3)7-8-22(21)27-10-6-9-26(24(27)29)15-18-12-19(30-4)14-20(13-18)31-5/h7-8,11-14,16H,6,9-10,15H2,1-5H3,(H,25,28). The molecule has 1 aliphatic heterocycles. The average molecular weight is 426 g/mol. The Bertz CT molecular complexity index is 936. The monoisotopic (exact) mass is 425 g/mol. The molecule has 1 N–H and O–H groups in total. The number of rotatable bonds is 7. The number of benzene rings is 2. The zero-order valence-corrected chi connectivity index (χ0v) is 18.9. The molecule has 0 atom stereocenters. The Morgan fingerprint density at radius 1 is 1.06 bits per heavy atom. The third-order valence-electron chi connectivity index (χ3n) is 5.32. The van der Waals surface area contributed by atoms with Gasteiger partial charge in [0.05, 0.1) is 25.6 Å². The van der Waals surface area contributed by atoms with E-state index in [9.17, 15) is 9.59 Å². The van der Waals surface area contributed by atoms with E-state index in [1.807, 2.05) is 62.1 Å². The van der Waals surface area contributed by atoms with Gasteiger partial charge in [0.1, 0.15) is 11.5 Å². The molecule has 0 unspecified atom stereocenters. The molecule has 0 radical (unpaired) electrons. The minimum atomic E-state index is -0.148. The van der Waals surface area contributed by atoms with Crippen molar-refractivity contribution in [3.63, 3.8) is 0 Å². The summed E-state index contributed by atoms with van der Waals surface area (Å²) in [5.41, 5.74) is 3.34. The van der Waals surface area contributed by atoms with Crippen molar-refractivity contribution >= 4 is 23.3 Å². The number of amides is 3. The van der Waals surface area contributed by atoms with Crippen LogP contribution in [0.4, 0.5) is 16.2 Å². The summed E-state index contributed by atoms with van der Waals surface area (Å²) in [5.74, 6) is 1.15. The van der Waals surface area contributed by atoms with Crippen LogP contribution in [0.25, 0.3) is 0 Å². The zero-order chi connectivity index (χ0) is 22.5. The summed E-state index contributed by atoms with van der Waals surface area (Å²) < 4.78 is 10.7. The van der Waals surface area contributed by atoms with Crippen LogP contribution in [0, 0.1) is 12.8 Å². The van der Waals surface area contributed by atoms with E-state index in [4.69, 9.17) is 9.47 Å². The van der Waals surface area contributed by atoms with E-state index in [0.717, 1.165) is 23.2 Å². The summed E-state index contributed by atoms with van der Waals surface area (Å²) in [6.45, 7) is 7.37. The number of hydrogen-bond donors (Lipinski definition) is 1. The van der Waals surface area contributed by atoms with E-state index in [0.29, 0.717) is 36.8 Å². The predicted molar refractivity (Wildman–Crippen MR) is 122 cm³/mol. The lowest BCUT2D eigenvalue weighted by Gasteiger charge is -2.36. The number of anilines is 2. The van der Waals surface area contributed by atoms with Crippen LogP contribution in [0.5, 0.6) is 11.5 Å². The molecule has 1 saturated heterocycles. The van der Waals surface area contributed by atoms with Crippen molar-refractivity contribution in [2.75, 3.05) is 37.5 Å². The summed E-state index contributed by atoms with van der Waals surface area (Å²) >= 11 is 0. The van der Waals surface area contributed by atoms with Crippen molar-refractivity contribution in [1.82, 2.24) is 4.90 Å². The molecular weight excluding hydrogens is 394 g/mol. The van der Waals surface area contributed by atoms with E-state index in [1.54, 1.807) is 19.1 Å². The highest BCUT2D eigenvalue weighted by molar-refractivity contribution is 6.01. The molecule has 3 rings (SSSR count). The average Bonchev–Trinajstić information content (AvgIpc) is 2.75. The lowest BCUT2D eigenvalue weighted by Crippen LogP contribution is -2.49. The van der Waals surface area contributed by atoms with Crippen molar-refractivity contribution in [1.29, 1.82) is 0 Å². The summed E-state index contributed by atoms with van der Waals surface area (Å²) in [6, 6.07) is 11.3. The third kappa shape index (κ3) is 5.29. The first-order chi connectivity index (χ1) is 14.8. The maximum Gasteiger partial charge on any atom is 0.324 e. The van der Waals surface area contributed by atoms with Crippen LogP contribution in [-0.4, -0.2) is 44.1 Å². The fourth-order valence-electron chi connectivity index (χ4n) is 3.59. The van der Waals surface area contributed by atoms with Crippen LogP contribution < -0.4 is 19.7 Å². The molecule has 1 heterocycles. The molecule has 7 heteroatoms. The van der Waals surface area contributed by atoms with Crippen molar-refractivity contribution < 1.29 is 19.1 Å². The van der Waals surface area contributed by atoms with Gasteiger partial charge in [0.15, 0.2) is 0 Å². The zero-order valence-electron chi connectivity index (χ0n) is 18.9. The second-order valence-electron chi connectivity index (χ2n) is 8.09. The predicted octanol–water partition coefficient (Wildman–Crippen LogP) is 4.44. The molecule has 7 nitrogen and oxygen atoms in total. The summed E-state index contributed by atoms with van der Waals surface area (Å²) in [7, 11) is 3.22. The summed E-state index contributed by atoms with van der Waals surface area (Å²) in [5, 5.41) is 2.98. The lowest BCUT2D eigenvalue weighted by atomic mass is 10.1. The Hall–Kier alpha value is -3.22. The van der Waals surface area contributed by atoms with Crippen LogP contribution in [0.1, 0.15) is 31.4 Å².